The third-order valence-electron chi connectivity index (χ3n) is 4.43. The van der Waals surface area contributed by atoms with Gasteiger partial charge in [-0.05, 0) is 37.3 Å². The van der Waals surface area contributed by atoms with Gasteiger partial charge in [0.25, 0.3) is 5.91 Å². The van der Waals surface area contributed by atoms with Gasteiger partial charge in [-0.1, -0.05) is 35.3 Å². The second-order valence-electron chi connectivity index (χ2n) is 6.44. The van der Waals surface area contributed by atoms with E-state index in [0.29, 0.717) is 23.6 Å². The predicted octanol–water partition coefficient (Wildman–Crippen LogP) is 6.27. The van der Waals surface area contributed by atoms with E-state index >= 15 is 0 Å². The first-order valence-electron chi connectivity index (χ1n) is 8.82. The van der Waals surface area contributed by atoms with Gasteiger partial charge in [-0.25, -0.2) is 0 Å². The lowest BCUT2D eigenvalue weighted by molar-refractivity contribution is 0.102. The van der Waals surface area contributed by atoms with Gasteiger partial charge in [0, 0.05) is 22.7 Å². The van der Waals surface area contributed by atoms with E-state index in [2.05, 4.69) is 10.3 Å². The summed E-state index contributed by atoms with van der Waals surface area (Å²) in [4.78, 5) is 17.3. The fourth-order valence-electron chi connectivity index (χ4n) is 3.02. The Bertz CT molecular complexity index is 1170. The summed E-state index contributed by atoms with van der Waals surface area (Å²) in [6, 6.07) is 12.3. The SMILES string of the molecule is Cc1cnc2c(NC(=O)c3c(Cl)cccc3Cl)cccc2c1OCc1ccoc1. The summed E-state index contributed by atoms with van der Waals surface area (Å²) in [6.07, 6.45) is 4.95. The van der Waals surface area contributed by atoms with Crippen LogP contribution in [0.25, 0.3) is 10.9 Å². The Morgan fingerprint density at radius 2 is 1.90 bits per heavy atom. The van der Waals surface area contributed by atoms with Crippen molar-refractivity contribution in [1.82, 2.24) is 4.98 Å². The molecule has 4 aromatic rings. The average Bonchev–Trinajstić information content (AvgIpc) is 3.21. The molecular formula is C22H16Cl2N2O3. The van der Waals surface area contributed by atoms with Gasteiger partial charge < -0.3 is 14.5 Å². The number of anilines is 1. The van der Waals surface area contributed by atoms with Crippen molar-refractivity contribution in [3.05, 3.63) is 87.9 Å². The molecule has 0 bridgehead atoms. The van der Waals surface area contributed by atoms with E-state index in [-0.39, 0.29) is 15.6 Å². The molecule has 0 unspecified atom stereocenters. The van der Waals surface area contributed by atoms with Crippen LogP contribution >= 0.6 is 23.2 Å². The molecule has 0 spiro atoms. The van der Waals surface area contributed by atoms with Crippen molar-refractivity contribution in [2.24, 2.45) is 0 Å². The van der Waals surface area contributed by atoms with Crippen molar-refractivity contribution in [3.8, 4) is 5.75 Å². The molecule has 29 heavy (non-hydrogen) atoms. The first kappa shape index (κ1) is 19.3. The lowest BCUT2D eigenvalue weighted by atomic mass is 10.1. The van der Waals surface area contributed by atoms with Crippen molar-refractivity contribution in [2.75, 3.05) is 5.32 Å². The summed E-state index contributed by atoms with van der Waals surface area (Å²) in [5, 5.41) is 4.21. The number of hydrogen-bond donors (Lipinski definition) is 1. The maximum absolute atomic E-state index is 12.8. The number of amides is 1. The minimum absolute atomic E-state index is 0.219. The highest BCUT2D eigenvalue weighted by Crippen LogP contribution is 2.33. The maximum Gasteiger partial charge on any atom is 0.258 e. The van der Waals surface area contributed by atoms with E-state index in [1.165, 1.54) is 0 Å². The second kappa shape index (κ2) is 8.15. The molecule has 2 aromatic carbocycles. The number of carbonyl (C=O) groups excluding carboxylic acids is 1. The summed E-state index contributed by atoms with van der Waals surface area (Å²) < 4.78 is 11.1. The van der Waals surface area contributed by atoms with Crippen LogP contribution in [0.1, 0.15) is 21.5 Å². The number of nitrogens with zero attached hydrogens (tertiary/aromatic N) is 1. The number of para-hydroxylation sites is 1. The van der Waals surface area contributed by atoms with Crippen LogP contribution in [0.4, 0.5) is 5.69 Å². The minimum Gasteiger partial charge on any atom is -0.488 e. The zero-order chi connectivity index (χ0) is 20.4. The molecule has 0 atom stereocenters. The molecule has 2 heterocycles. The van der Waals surface area contributed by atoms with Gasteiger partial charge in [0.2, 0.25) is 0 Å². The summed E-state index contributed by atoms with van der Waals surface area (Å²) in [7, 11) is 0. The fourth-order valence-corrected chi connectivity index (χ4v) is 3.59. The van der Waals surface area contributed by atoms with Crippen LogP contribution in [0, 0.1) is 6.92 Å². The van der Waals surface area contributed by atoms with E-state index in [1.807, 2.05) is 25.1 Å². The zero-order valence-corrected chi connectivity index (χ0v) is 16.9. The Labute approximate surface area is 177 Å². The smallest absolute Gasteiger partial charge is 0.258 e. The van der Waals surface area contributed by atoms with E-state index in [0.717, 1.165) is 16.5 Å². The normalized spacial score (nSPS) is 10.9. The van der Waals surface area contributed by atoms with Crippen LogP contribution in [0.5, 0.6) is 5.75 Å². The molecule has 2 aromatic heterocycles. The lowest BCUT2D eigenvalue weighted by Gasteiger charge is -2.14. The monoisotopic (exact) mass is 426 g/mol. The molecule has 5 nitrogen and oxygen atoms in total. The van der Waals surface area contributed by atoms with Crippen LogP contribution in [0.15, 0.2) is 65.6 Å². The number of nitrogens with one attached hydrogen (secondary N) is 1. The van der Waals surface area contributed by atoms with Crippen molar-refractivity contribution in [3.63, 3.8) is 0 Å². The number of carbonyl (C=O) groups is 1. The molecule has 0 aliphatic rings. The lowest BCUT2D eigenvalue weighted by Crippen LogP contribution is -2.13. The summed E-state index contributed by atoms with van der Waals surface area (Å²) >= 11 is 12.3. The van der Waals surface area contributed by atoms with Crippen molar-refractivity contribution >= 4 is 45.7 Å². The standard InChI is InChI=1S/C22H16Cl2N2O3/c1-13-10-25-20-15(21(13)29-12-14-8-9-28-11-14)4-2-7-18(20)26-22(27)19-16(23)5-3-6-17(19)24/h2-11H,12H2,1H3,(H,26,27). The van der Waals surface area contributed by atoms with Crippen LogP contribution in [-0.2, 0) is 6.61 Å². The van der Waals surface area contributed by atoms with Crippen molar-refractivity contribution in [2.45, 2.75) is 13.5 Å². The number of rotatable bonds is 5. The molecule has 4 rings (SSSR count). The molecule has 7 heteroatoms. The number of pyridine rings is 1. The van der Waals surface area contributed by atoms with Gasteiger partial charge in [0.1, 0.15) is 12.4 Å². The first-order valence-corrected chi connectivity index (χ1v) is 9.57. The number of fused-ring (bicyclic) bond motifs is 1. The van der Waals surface area contributed by atoms with E-state index in [9.17, 15) is 4.79 Å². The van der Waals surface area contributed by atoms with Crippen LogP contribution in [-0.4, -0.2) is 10.9 Å². The maximum atomic E-state index is 12.8. The number of aryl methyl sites for hydroxylation is 1. The highest BCUT2D eigenvalue weighted by Gasteiger charge is 2.17. The van der Waals surface area contributed by atoms with Crippen LogP contribution in [0.2, 0.25) is 10.0 Å². The number of hydrogen-bond acceptors (Lipinski definition) is 4. The van der Waals surface area contributed by atoms with Crippen molar-refractivity contribution < 1.29 is 13.9 Å². The third kappa shape index (κ3) is 3.92. The molecular weight excluding hydrogens is 411 g/mol. The molecule has 1 amide bonds. The van der Waals surface area contributed by atoms with E-state index in [1.54, 1.807) is 43.0 Å². The van der Waals surface area contributed by atoms with E-state index < -0.39 is 5.91 Å². The molecule has 1 N–H and O–H groups in total. The molecule has 0 saturated heterocycles. The van der Waals surface area contributed by atoms with Gasteiger partial charge in [0.15, 0.2) is 0 Å². The number of benzene rings is 2. The van der Waals surface area contributed by atoms with Crippen molar-refractivity contribution in [1.29, 1.82) is 0 Å². The highest BCUT2D eigenvalue weighted by molar-refractivity contribution is 6.40. The first-order chi connectivity index (χ1) is 14.0. The average molecular weight is 427 g/mol. The minimum atomic E-state index is -0.406. The van der Waals surface area contributed by atoms with Gasteiger partial charge in [-0.15, -0.1) is 0 Å². The summed E-state index contributed by atoms with van der Waals surface area (Å²) in [5.74, 6) is 0.291. The second-order valence-corrected chi connectivity index (χ2v) is 7.26. The largest absolute Gasteiger partial charge is 0.488 e. The third-order valence-corrected chi connectivity index (χ3v) is 5.06. The number of furan rings is 1. The fraction of sp³-hybridized carbons (Fsp3) is 0.0909. The quantitative estimate of drug-likeness (QED) is 0.408. The zero-order valence-electron chi connectivity index (χ0n) is 15.4. The number of aromatic nitrogens is 1. The van der Waals surface area contributed by atoms with Gasteiger partial charge in [-0.2, -0.15) is 0 Å². The Balaban J connectivity index is 1.69. The topological polar surface area (TPSA) is 64.4 Å². The number of ether oxygens (including phenoxy) is 1. The Hall–Kier alpha value is -3.02. The van der Waals surface area contributed by atoms with Gasteiger partial charge >= 0.3 is 0 Å². The molecule has 0 aliphatic carbocycles. The van der Waals surface area contributed by atoms with E-state index in [4.69, 9.17) is 32.4 Å². The molecule has 0 aliphatic heterocycles. The van der Waals surface area contributed by atoms with Gasteiger partial charge in [0.05, 0.1) is 39.3 Å². The predicted molar refractivity (Wildman–Crippen MR) is 114 cm³/mol. The Morgan fingerprint density at radius 1 is 1.14 bits per heavy atom. The number of halogens is 2. The Morgan fingerprint density at radius 3 is 2.62 bits per heavy atom. The Kier molecular flexibility index (Phi) is 5.43. The molecule has 0 saturated carbocycles. The highest BCUT2D eigenvalue weighted by atomic mass is 35.5. The summed E-state index contributed by atoms with van der Waals surface area (Å²) in [6.45, 7) is 2.29. The van der Waals surface area contributed by atoms with Crippen LogP contribution in [0.3, 0.4) is 0 Å². The molecule has 0 radical (unpaired) electrons. The molecule has 146 valence electrons. The molecule has 0 fully saturated rings. The van der Waals surface area contributed by atoms with Gasteiger partial charge in [-0.3, -0.25) is 9.78 Å². The van der Waals surface area contributed by atoms with Crippen LogP contribution < -0.4 is 10.1 Å². The summed E-state index contributed by atoms with van der Waals surface area (Å²) in [5.41, 5.74) is 3.18.